The van der Waals surface area contributed by atoms with Crippen LogP contribution in [0.2, 0.25) is 0 Å². The molecule has 58 valence electrons. The molecule has 0 heterocycles. The van der Waals surface area contributed by atoms with Gasteiger partial charge in [-0.15, -0.1) is 0 Å². The van der Waals surface area contributed by atoms with Gasteiger partial charge in [0, 0.05) is 0 Å². The van der Waals surface area contributed by atoms with E-state index in [9.17, 15) is 0 Å². The normalized spacial score (nSPS) is 16.8. The summed E-state index contributed by atoms with van der Waals surface area (Å²) in [5.74, 6) is 0. The van der Waals surface area contributed by atoms with Crippen molar-refractivity contribution in [3.63, 3.8) is 0 Å². The second-order valence-electron chi connectivity index (χ2n) is 2.47. The zero-order valence-corrected chi connectivity index (χ0v) is 6.38. The third kappa shape index (κ3) is 8.27. The molecule has 0 spiro atoms. The molecule has 0 aliphatic carbocycles. The van der Waals surface area contributed by atoms with Crippen molar-refractivity contribution in [2.24, 2.45) is 5.73 Å². The van der Waals surface area contributed by atoms with Crippen LogP contribution in [0.3, 0.4) is 0 Å². The zero-order valence-electron chi connectivity index (χ0n) is 5.49. The van der Waals surface area contributed by atoms with Gasteiger partial charge in [-0.3, -0.25) is 0 Å². The van der Waals surface area contributed by atoms with Crippen LogP contribution in [0.15, 0.2) is 0 Å². The Morgan fingerprint density at radius 3 is 1.89 bits per heavy atom. The molecule has 0 amide bonds. The average molecular weight is 155 g/mol. The molecule has 0 saturated heterocycles. The van der Waals surface area contributed by atoms with E-state index in [1.54, 1.807) is 0 Å². The van der Waals surface area contributed by atoms with Crippen molar-refractivity contribution in [2.75, 3.05) is 19.4 Å². The predicted molar refractivity (Wildman–Crippen MR) is 38.0 cm³/mol. The van der Waals surface area contributed by atoms with Gasteiger partial charge in [0.15, 0.2) is 0 Å². The minimum atomic E-state index is -4.21. The van der Waals surface area contributed by atoms with Gasteiger partial charge in [-0.25, -0.2) is 0 Å². The van der Waals surface area contributed by atoms with Crippen LogP contribution >= 0.6 is 7.28 Å². The number of hydrogen-bond acceptors (Lipinski definition) is 4. The van der Waals surface area contributed by atoms with Crippen LogP contribution in [0, 0.1) is 0 Å². The van der Waals surface area contributed by atoms with Gasteiger partial charge in [-0.1, -0.05) is 0 Å². The molecule has 0 aliphatic heterocycles. The first-order chi connectivity index (χ1) is 3.81. The van der Waals surface area contributed by atoms with E-state index in [2.05, 4.69) is 0 Å². The molecule has 0 aromatic heterocycles. The van der Waals surface area contributed by atoms with Crippen molar-refractivity contribution in [2.45, 2.75) is 6.42 Å². The first-order valence-corrected chi connectivity index (χ1v) is 5.50. The summed E-state index contributed by atoms with van der Waals surface area (Å²) in [7, 11) is -4.21. The summed E-state index contributed by atoms with van der Waals surface area (Å²) in [6, 6.07) is 0. The summed E-state index contributed by atoms with van der Waals surface area (Å²) in [5.41, 5.74) is 5.08. The van der Waals surface area contributed by atoms with Gasteiger partial charge < -0.3 is 0 Å². The van der Waals surface area contributed by atoms with Gasteiger partial charge in [-0.2, -0.15) is 0 Å². The second-order valence-corrected chi connectivity index (χ2v) is 6.14. The third-order valence-corrected chi connectivity index (χ3v) is 2.25. The summed E-state index contributed by atoms with van der Waals surface area (Å²) in [6.07, 6.45) is 0.444. The van der Waals surface area contributed by atoms with Gasteiger partial charge in [0.25, 0.3) is 0 Å². The Morgan fingerprint density at radius 1 is 1.33 bits per heavy atom. The maximum atomic E-state index is 8.80. The molecule has 9 heavy (non-hydrogen) atoms. The quantitative estimate of drug-likeness (QED) is 0.403. The molecule has 4 nitrogen and oxygen atoms in total. The molecule has 0 fully saturated rings. The Hall–Kier alpha value is 0.270. The van der Waals surface area contributed by atoms with Crippen molar-refractivity contribution in [1.29, 1.82) is 0 Å². The molecule has 0 aliphatic rings. The van der Waals surface area contributed by atoms with Crippen molar-refractivity contribution >= 4 is 7.28 Å². The van der Waals surface area contributed by atoms with Crippen molar-refractivity contribution in [3.8, 4) is 0 Å². The molecule has 0 atom stereocenters. The minimum absolute atomic E-state index is 0.00208. The van der Waals surface area contributed by atoms with Gasteiger partial charge in [0.05, 0.1) is 0 Å². The van der Waals surface area contributed by atoms with E-state index < -0.39 is 7.28 Å². The number of hydrogen-bond donors (Lipinski definition) is 4. The molecular weight excluding hydrogens is 141 g/mol. The zero-order chi connectivity index (χ0) is 7.57. The standard InChI is InChI=1S/C4H14NO3P/c1-9(6,7,8)4-2-3-5/h6-8H,2-5H2,1H3. The molecule has 5 N–H and O–H groups in total. The molecule has 0 rings (SSSR count). The second kappa shape index (κ2) is 2.48. The summed E-state index contributed by atoms with van der Waals surface area (Å²) in [4.78, 5) is 26.4. The number of nitrogens with two attached hydrogens (primary N) is 1. The van der Waals surface area contributed by atoms with Gasteiger partial charge in [0.2, 0.25) is 0 Å². The van der Waals surface area contributed by atoms with E-state index in [1.165, 1.54) is 0 Å². The van der Waals surface area contributed by atoms with Crippen LogP contribution in [0.1, 0.15) is 6.42 Å². The number of rotatable bonds is 3. The maximum absolute atomic E-state index is 8.80. The van der Waals surface area contributed by atoms with E-state index in [1.807, 2.05) is 0 Å². The average Bonchev–Trinajstić information content (AvgIpc) is 1.57. The van der Waals surface area contributed by atoms with E-state index >= 15 is 0 Å². The summed E-state index contributed by atoms with van der Waals surface area (Å²) >= 11 is 0. The van der Waals surface area contributed by atoms with Gasteiger partial charge in [0.1, 0.15) is 0 Å². The molecule has 0 saturated carbocycles. The summed E-state index contributed by atoms with van der Waals surface area (Å²) in [6.45, 7) is 1.43. The van der Waals surface area contributed by atoms with Gasteiger partial charge in [-0.05, 0) is 0 Å². The summed E-state index contributed by atoms with van der Waals surface area (Å²) < 4.78 is 0. The van der Waals surface area contributed by atoms with E-state index in [-0.39, 0.29) is 6.16 Å². The molecule has 0 aromatic rings. The fraction of sp³-hybridized carbons (Fsp3) is 1.00. The summed E-state index contributed by atoms with van der Waals surface area (Å²) in [5, 5.41) is 0. The molecular formula is C4H14NO3P. The Bertz CT molecular complexity index is 88.5. The monoisotopic (exact) mass is 155 g/mol. The predicted octanol–water partition coefficient (Wildman–Crippen LogP) is -0.760. The van der Waals surface area contributed by atoms with Crippen LogP contribution in [-0.2, 0) is 0 Å². The van der Waals surface area contributed by atoms with Crippen LogP contribution in [0.25, 0.3) is 0 Å². The van der Waals surface area contributed by atoms with Crippen LogP contribution < -0.4 is 5.73 Å². The fourth-order valence-corrected chi connectivity index (χ4v) is 1.38. The molecule has 0 unspecified atom stereocenters. The Labute approximate surface area is 54.5 Å². The van der Waals surface area contributed by atoms with Crippen LogP contribution in [0.5, 0.6) is 0 Å². The SMILES string of the molecule is CP(O)(O)(O)CCCN. The first-order valence-electron chi connectivity index (χ1n) is 2.77. The van der Waals surface area contributed by atoms with E-state index in [4.69, 9.17) is 20.4 Å². The molecule has 0 aromatic carbocycles. The first kappa shape index (κ1) is 9.27. The molecule has 5 heteroatoms. The van der Waals surface area contributed by atoms with Crippen molar-refractivity contribution in [3.05, 3.63) is 0 Å². The Morgan fingerprint density at radius 2 is 1.78 bits per heavy atom. The Kier molecular flexibility index (Phi) is 2.56. The molecule has 0 radical (unpaired) electrons. The van der Waals surface area contributed by atoms with Crippen molar-refractivity contribution in [1.82, 2.24) is 0 Å². The van der Waals surface area contributed by atoms with Crippen LogP contribution in [-0.4, -0.2) is 34.1 Å². The van der Waals surface area contributed by atoms with E-state index in [0.717, 1.165) is 6.66 Å². The van der Waals surface area contributed by atoms with Crippen LogP contribution in [0.4, 0.5) is 0 Å². The third-order valence-electron chi connectivity index (χ3n) is 0.886. The molecule has 0 bridgehead atoms. The van der Waals surface area contributed by atoms with Gasteiger partial charge >= 0.3 is 53.5 Å². The van der Waals surface area contributed by atoms with E-state index in [0.29, 0.717) is 13.0 Å². The topological polar surface area (TPSA) is 86.7 Å². The van der Waals surface area contributed by atoms with Crippen molar-refractivity contribution < 1.29 is 14.7 Å². The fourth-order valence-electron chi connectivity index (χ4n) is 0.462. The Balaban J connectivity index is 3.60.